The lowest BCUT2D eigenvalue weighted by atomic mass is 9.94. The Morgan fingerprint density at radius 3 is 3.06 bits per heavy atom. The average molecular weight is 251 g/mol. The molecule has 0 saturated heterocycles. The van der Waals surface area contributed by atoms with Crippen LogP contribution in [0.3, 0.4) is 0 Å². The van der Waals surface area contributed by atoms with Crippen molar-refractivity contribution in [3.05, 3.63) is 23.5 Å². The number of nitrogens with two attached hydrogens (primary N) is 1. The molecular formula is C14H25N3O. The number of nitrogens with zero attached hydrogens (tertiary/aromatic N) is 2. The maximum atomic E-state index is 6.12. The first-order chi connectivity index (χ1) is 8.68. The molecule has 1 aliphatic rings. The summed E-state index contributed by atoms with van der Waals surface area (Å²) in [5.41, 5.74) is 8.88. The molecule has 0 bridgehead atoms. The van der Waals surface area contributed by atoms with Crippen molar-refractivity contribution in [2.75, 3.05) is 33.9 Å². The van der Waals surface area contributed by atoms with Gasteiger partial charge in [0.2, 0.25) is 0 Å². The summed E-state index contributed by atoms with van der Waals surface area (Å²) in [5.74, 6) is 0. The summed E-state index contributed by atoms with van der Waals surface area (Å²) in [4.78, 5) is 2.14. The number of hydrogen-bond donors (Lipinski definition) is 1. The first-order valence-electron chi connectivity index (χ1n) is 6.84. The fourth-order valence-corrected chi connectivity index (χ4v) is 2.51. The van der Waals surface area contributed by atoms with Crippen LogP contribution in [0.5, 0.6) is 0 Å². The molecule has 2 rings (SSSR count). The molecule has 1 heterocycles. The predicted octanol–water partition coefficient (Wildman–Crippen LogP) is 1.40. The highest BCUT2D eigenvalue weighted by Crippen LogP contribution is 2.28. The van der Waals surface area contributed by atoms with Crippen molar-refractivity contribution in [2.24, 2.45) is 5.73 Å². The Labute approximate surface area is 110 Å². The highest BCUT2D eigenvalue weighted by Gasteiger charge is 2.19. The maximum absolute atomic E-state index is 6.12. The van der Waals surface area contributed by atoms with Crippen molar-refractivity contribution in [1.82, 2.24) is 9.47 Å². The largest absolute Gasteiger partial charge is 0.378 e. The molecule has 18 heavy (non-hydrogen) atoms. The molecule has 0 fully saturated rings. The van der Waals surface area contributed by atoms with E-state index >= 15 is 0 Å². The number of hydrogen-bond acceptors (Lipinski definition) is 3. The molecule has 4 nitrogen and oxygen atoms in total. The van der Waals surface area contributed by atoms with Gasteiger partial charge in [-0.1, -0.05) is 0 Å². The molecule has 0 radical (unpaired) electrons. The lowest BCUT2D eigenvalue weighted by molar-refractivity contribution is 0.110. The van der Waals surface area contributed by atoms with E-state index in [2.05, 4.69) is 35.8 Å². The number of ether oxygens (including phenoxy) is 1. The summed E-state index contributed by atoms with van der Waals surface area (Å²) in [6.07, 6.45) is 5.65. The number of aromatic nitrogens is 1. The van der Waals surface area contributed by atoms with Gasteiger partial charge >= 0.3 is 0 Å². The monoisotopic (exact) mass is 251 g/mol. The van der Waals surface area contributed by atoms with Gasteiger partial charge in [0.25, 0.3) is 0 Å². The second kappa shape index (κ2) is 6.36. The Balaban J connectivity index is 1.80. The average Bonchev–Trinajstić information content (AvgIpc) is 2.73. The maximum Gasteiger partial charge on any atom is 0.0646 e. The fraction of sp³-hybridized carbons (Fsp3) is 0.714. The molecular weight excluding hydrogens is 226 g/mol. The third kappa shape index (κ3) is 3.34. The zero-order valence-corrected chi connectivity index (χ0v) is 11.6. The second-order valence-electron chi connectivity index (χ2n) is 5.33. The lowest BCUT2D eigenvalue weighted by Crippen LogP contribution is -2.21. The van der Waals surface area contributed by atoms with E-state index in [1.807, 2.05) is 0 Å². The van der Waals surface area contributed by atoms with Crippen LogP contribution in [-0.4, -0.2) is 43.3 Å². The molecule has 1 aromatic rings. The minimum atomic E-state index is 0.240. The molecule has 1 atom stereocenters. The molecule has 1 aromatic heterocycles. The van der Waals surface area contributed by atoms with E-state index in [9.17, 15) is 0 Å². The van der Waals surface area contributed by atoms with E-state index in [1.165, 1.54) is 17.7 Å². The van der Waals surface area contributed by atoms with Gasteiger partial charge in [-0.15, -0.1) is 0 Å². The van der Waals surface area contributed by atoms with Gasteiger partial charge in [0.05, 0.1) is 13.2 Å². The molecule has 1 unspecified atom stereocenters. The topological polar surface area (TPSA) is 43.4 Å². The van der Waals surface area contributed by atoms with Crippen LogP contribution in [0.4, 0.5) is 0 Å². The SMILES string of the molecule is CN(C)CCOCCn1ccc2c1CCCC2N. The molecule has 0 spiro atoms. The predicted molar refractivity (Wildman–Crippen MR) is 73.7 cm³/mol. The molecule has 1 aliphatic carbocycles. The van der Waals surface area contributed by atoms with E-state index in [4.69, 9.17) is 10.5 Å². The summed E-state index contributed by atoms with van der Waals surface area (Å²) < 4.78 is 7.95. The van der Waals surface area contributed by atoms with Crippen LogP contribution >= 0.6 is 0 Å². The molecule has 0 amide bonds. The number of rotatable bonds is 6. The van der Waals surface area contributed by atoms with Crippen LogP contribution in [0.1, 0.15) is 30.1 Å². The Bertz CT molecular complexity index is 373. The Hall–Kier alpha value is -0.840. The van der Waals surface area contributed by atoms with Gasteiger partial charge in [-0.05, 0) is 45.0 Å². The van der Waals surface area contributed by atoms with Gasteiger partial charge in [-0.3, -0.25) is 0 Å². The summed E-state index contributed by atoms with van der Waals surface area (Å²) in [6.45, 7) is 3.50. The molecule has 102 valence electrons. The van der Waals surface area contributed by atoms with Crippen LogP contribution in [0, 0.1) is 0 Å². The van der Waals surface area contributed by atoms with Crippen molar-refractivity contribution in [3.63, 3.8) is 0 Å². The van der Waals surface area contributed by atoms with Crippen molar-refractivity contribution in [2.45, 2.75) is 31.8 Å². The number of fused-ring (bicyclic) bond motifs is 1. The Morgan fingerprint density at radius 2 is 2.28 bits per heavy atom. The van der Waals surface area contributed by atoms with E-state index < -0.39 is 0 Å². The van der Waals surface area contributed by atoms with Gasteiger partial charge < -0.3 is 19.9 Å². The van der Waals surface area contributed by atoms with Gasteiger partial charge in [0.15, 0.2) is 0 Å². The first-order valence-corrected chi connectivity index (χ1v) is 6.84. The van der Waals surface area contributed by atoms with Crippen molar-refractivity contribution < 1.29 is 4.74 Å². The Morgan fingerprint density at radius 1 is 1.44 bits per heavy atom. The first kappa shape index (κ1) is 13.6. The Kier molecular flexibility index (Phi) is 4.80. The second-order valence-corrected chi connectivity index (χ2v) is 5.33. The minimum Gasteiger partial charge on any atom is -0.378 e. The summed E-state index contributed by atoms with van der Waals surface area (Å²) in [5, 5.41) is 0. The third-order valence-electron chi connectivity index (χ3n) is 3.60. The van der Waals surface area contributed by atoms with E-state index in [0.29, 0.717) is 0 Å². The van der Waals surface area contributed by atoms with E-state index in [-0.39, 0.29) is 6.04 Å². The van der Waals surface area contributed by atoms with E-state index in [0.717, 1.165) is 39.1 Å². The van der Waals surface area contributed by atoms with Crippen molar-refractivity contribution in [1.29, 1.82) is 0 Å². The van der Waals surface area contributed by atoms with E-state index in [1.54, 1.807) is 0 Å². The molecule has 0 aromatic carbocycles. The summed E-state index contributed by atoms with van der Waals surface area (Å²) >= 11 is 0. The van der Waals surface area contributed by atoms with Gasteiger partial charge in [-0.2, -0.15) is 0 Å². The van der Waals surface area contributed by atoms with Crippen LogP contribution < -0.4 is 5.73 Å². The molecule has 4 heteroatoms. The van der Waals surface area contributed by atoms with Crippen molar-refractivity contribution >= 4 is 0 Å². The highest BCUT2D eigenvalue weighted by atomic mass is 16.5. The number of likely N-dealkylation sites (N-methyl/N-ethyl adjacent to an activating group) is 1. The van der Waals surface area contributed by atoms with Crippen LogP contribution in [0.25, 0.3) is 0 Å². The standard InChI is InChI=1S/C14H25N3O/c1-16(2)8-10-18-11-9-17-7-6-12-13(15)4-3-5-14(12)17/h6-7,13H,3-5,8-11,15H2,1-2H3. The van der Waals surface area contributed by atoms with Gasteiger partial charge in [0, 0.05) is 31.0 Å². The van der Waals surface area contributed by atoms with Crippen LogP contribution in [0.2, 0.25) is 0 Å². The fourth-order valence-electron chi connectivity index (χ4n) is 2.51. The van der Waals surface area contributed by atoms with Gasteiger partial charge in [0.1, 0.15) is 0 Å². The molecule has 2 N–H and O–H groups in total. The summed E-state index contributed by atoms with van der Waals surface area (Å²) in [7, 11) is 4.13. The zero-order valence-electron chi connectivity index (χ0n) is 11.6. The minimum absolute atomic E-state index is 0.240. The molecule has 0 aliphatic heterocycles. The normalized spacial score (nSPS) is 19.2. The quantitative estimate of drug-likeness (QED) is 0.777. The lowest BCUT2D eigenvalue weighted by Gasteiger charge is -2.21. The highest BCUT2D eigenvalue weighted by molar-refractivity contribution is 5.28. The molecule has 0 saturated carbocycles. The zero-order chi connectivity index (χ0) is 13.0. The van der Waals surface area contributed by atoms with Crippen molar-refractivity contribution in [3.8, 4) is 0 Å². The third-order valence-corrected chi connectivity index (χ3v) is 3.60. The van der Waals surface area contributed by atoms with Crippen LogP contribution in [0.15, 0.2) is 12.3 Å². The van der Waals surface area contributed by atoms with Crippen LogP contribution in [-0.2, 0) is 17.7 Å². The summed E-state index contributed by atoms with van der Waals surface area (Å²) in [6, 6.07) is 2.42. The van der Waals surface area contributed by atoms with Gasteiger partial charge in [-0.25, -0.2) is 0 Å². The smallest absolute Gasteiger partial charge is 0.0646 e.